The molecule has 0 amide bonds. The fourth-order valence-corrected chi connectivity index (χ4v) is 2.70. The van der Waals surface area contributed by atoms with Gasteiger partial charge in [-0.1, -0.05) is 6.92 Å². The van der Waals surface area contributed by atoms with Crippen molar-refractivity contribution in [3.05, 3.63) is 0 Å². The van der Waals surface area contributed by atoms with E-state index in [2.05, 4.69) is 28.1 Å². The van der Waals surface area contributed by atoms with Crippen LogP contribution >= 0.6 is 0 Å². The number of nitriles is 1. The normalized spacial score (nSPS) is 23.2. The average Bonchev–Trinajstić information content (AvgIpc) is 3.25. The lowest BCUT2D eigenvalue weighted by Crippen LogP contribution is -2.47. The van der Waals surface area contributed by atoms with Crippen LogP contribution in [0.15, 0.2) is 0 Å². The van der Waals surface area contributed by atoms with Gasteiger partial charge in [0.25, 0.3) is 0 Å². The number of piperazine rings is 1. The number of nitrogens with zero attached hydrogens (tertiary/aromatic N) is 3. The molecule has 0 bridgehead atoms. The van der Waals surface area contributed by atoms with Crippen LogP contribution in [0.3, 0.4) is 0 Å². The molecular weight excluding hydrogens is 236 g/mol. The fraction of sp³-hybridized carbons (Fsp3) is 0.933. The highest BCUT2D eigenvalue weighted by molar-refractivity contribution is 4.90. The van der Waals surface area contributed by atoms with E-state index in [-0.39, 0.29) is 6.04 Å². The maximum absolute atomic E-state index is 9.09. The Morgan fingerprint density at radius 2 is 1.89 bits per heavy atom. The number of hydrogen-bond donors (Lipinski definition) is 1. The summed E-state index contributed by atoms with van der Waals surface area (Å²) in [4.78, 5) is 5.13. The van der Waals surface area contributed by atoms with Gasteiger partial charge in [-0.25, -0.2) is 0 Å². The summed E-state index contributed by atoms with van der Waals surface area (Å²) in [5.74, 6) is 1.01. The van der Waals surface area contributed by atoms with E-state index >= 15 is 0 Å². The predicted molar refractivity (Wildman–Crippen MR) is 77.9 cm³/mol. The second kappa shape index (κ2) is 7.84. The molecule has 2 rings (SSSR count). The first-order valence-corrected chi connectivity index (χ1v) is 7.89. The maximum atomic E-state index is 9.09. The first-order valence-electron chi connectivity index (χ1n) is 7.89. The van der Waals surface area contributed by atoms with Gasteiger partial charge in [0.15, 0.2) is 0 Å². The summed E-state index contributed by atoms with van der Waals surface area (Å²) < 4.78 is 0. The van der Waals surface area contributed by atoms with Crippen LogP contribution in [0, 0.1) is 17.2 Å². The van der Waals surface area contributed by atoms with Crippen LogP contribution in [0.1, 0.15) is 32.6 Å². The highest BCUT2D eigenvalue weighted by Crippen LogP contribution is 2.29. The minimum absolute atomic E-state index is 0.0319. The quantitative estimate of drug-likeness (QED) is 0.717. The Morgan fingerprint density at radius 1 is 1.21 bits per heavy atom. The van der Waals surface area contributed by atoms with Crippen molar-refractivity contribution < 1.29 is 0 Å². The van der Waals surface area contributed by atoms with Crippen molar-refractivity contribution in [1.82, 2.24) is 15.1 Å². The van der Waals surface area contributed by atoms with Crippen molar-refractivity contribution in [3.8, 4) is 6.07 Å². The fourth-order valence-electron chi connectivity index (χ4n) is 2.70. The van der Waals surface area contributed by atoms with Crippen molar-refractivity contribution in [3.63, 3.8) is 0 Å². The van der Waals surface area contributed by atoms with E-state index in [1.54, 1.807) is 0 Å². The monoisotopic (exact) mass is 264 g/mol. The molecule has 1 unspecified atom stereocenters. The van der Waals surface area contributed by atoms with Crippen molar-refractivity contribution in [1.29, 1.82) is 5.26 Å². The molecule has 1 saturated heterocycles. The number of hydrogen-bond acceptors (Lipinski definition) is 4. The molecule has 4 nitrogen and oxygen atoms in total. The molecule has 2 fully saturated rings. The van der Waals surface area contributed by atoms with Gasteiger partial charge in [0.2, 0.25) is 0 Å². The first kappa shape index (κ1) is 14.8. The predicted octanol–water partition coefficient (Wildman–Crippen LogP) is 1.30. The van der Waals surface area contributed by atoms with Crippen LogP contribution in [-0.2, 0) is 0 Å². The lowest BCUT2D eigenvalue weighted by Gasteiger charge is -2.35. The van der Waals surface area contributed by atoms with Crippen molar-refractivity contribution in [2.75, 3.05) is 45.8 Å². The highest BCUT2D eigenvalue weighted by Gasteiger charge is 2.26. The zero-order valence-corrected chi connectivity index (χ0v) is 12.3. The van der Waals surface area contributed by atoms with Gasteiger partial charge in [0, 0.05) is 39.3 Å². The molecule has 1 N–H and O–H groups in total. The molecule has 2 aliphatic rings. The standard InChI is InChI=1S/C15H28N4/c1-2-6-17-15(12-16)5-7-18-8-10-19(11-9-18)13-14-3-4-14/h14-15,17H,2-11,13H2,1H3. The molecule has 0 radical (unpaired) electrons. The molecule has 19 heavy (non-hydrogen) atoms. The van der Waals surface area contributed by atoms with Gasteiger partial charge in [0.05, 0.1) is 12.1 Å². The topological polar surface area (TPSA) is 42.3 Å². The van der Waals surface area contributed by atoms with Gasteiger partial charge in [0.1, 0.15) is 0 Å². The Labute approximate surface area is 117 Å². The van der Waals surface area contributed by atoms with E-state index in [4.69, 9.17) is 5.26 Å². The second-order valence-corrected chi connectivity index (χ2v) is 6.01. The summed E-state index contributed by atoms with van der Waals surface area (Å²) in [6, 6.07) is 2.40. The van der Waals surface area contributed by atoms with Crippen molar-refractivity contribution in [2.24, 2.45) is 5.92 Å². The van der Waals surface area contributed by atoms with Crippen LogP contribution in [0.4, 0.5) is 0 Å². The lowest BCUT2D eigenvalue weighted by molar-refractivity contribution is 0.126. The number of rotatable bonds is 8. The van der Waals surface area contributed by atoms with E-state index in [0.29, 0.717) is 0 Å². The van der Waals surface area contributed by atoms with Crippen LogP contribution in [0.25, 0.3) is 0 Å². The molecular formula is C15H28N4. The average molecular weight is 264 g/mol. The van der Waals surface area contributed by atoms with E-state index in [1.807, 2.05) is 0 Å². The molecule has 1 aliphatic heterocycles. The van der Waals surface area contributed by atoms with Crippen LogP contribution in [-0.4, -0.2) is 61.7 Å². The van der Waals surface area contributed by atoms with Gasteiger partial charge in [-0.2, -0.15) is 5.26 Å². The Hall–Kier alpha value is -0.630. The molecule has 108 valence electrons. The third-order valence-corrected chi connectivity index (χ3v) is 4.21. The molecule has 0 aromatic rings. The van der Waals surface area contributed by atoms with Gasteiger partial charge < -0.3 is 15.1 Å². The minimum atomic E-state index is 0.0319. The van der Waals surface area contributed by atoms with E-state index in [1.165, 1.54) is 45.6 Å². The van der Waals surface area contributed by atoms with Gasteiger partial charge in [-0.15, -0.1) is 0 Å². The summed E-state index contributed by atoms with van der Waals surface area (Å²) in [5.41, 5.74) is 0. The summed E-state index contributed by atoms with van der Waals surface area (Å²) in [7, 11) is 0. The molecule has 4 heteroatoms. The van der Waals surface area contributed by atoms with Crippen molar-refractivity contribution in [2.45, 2.75) is 38.6 Å². The molecule has 1 saturated carbocycles. The molecule has 0 aromatic heterocycles. The van der Waals surface area contributed by atoms with Gasteiger partial charge >= 0.3 is 0 Å². The SMILES string of the molecule is CCCNC(C#N)CCN1CCN(CC2CC2)CC1. The third kappa shape index (κ3) is 5.48. The van der Waals surface area contributed by atoms with E-state index in [9.17, 15) is 0 Å². The Kier molecular flexibility index (Phi) is 6.09. The summed E-state index contributed by atoms with van der Waals surface area (Å²) >= 11 is 0. The van der Waals surface area contributed by atoms with E-state index in [0.717, 1.165) is 31.8 Å². The number of nitrogens with one attached hydrogen (secondary N) is 1. The van der Waals surface area contributed by atoms with Crippen LogP contribution in [0.5, 0.6) is 0 Å². The van der Waals surface area contributed by atoms with Gasteiger partial charge in [-0.05, 0) is 38.1 Å². The lowest BCUT2D eigenvalue weighted by atomic mass is 10.2. The molecule has 1 aliphatic carbocycles. The smallest absolute Gasteiger partial charge is 0.0965 e. The summed E-state index contributed by atoms with van der Waals surface area (Å²) in [6.07, 6.45) is 4.96. The van der Waals surface area contributed by atoms with Crippen LogP contribution in [0.2, 0.25) is 0 Å². The first-order chi connectivity index (χ1) is 9.31. The van der Waals surface area contributed by atoms with E-state index < -0.39 is 0 Å². The largest absolute Gasteiger partial charge is 0.302 e. The summed E-state index contributed by atoms with van der Waals surface area (Å²) in [5, 5.41) is 12.4. The third-order valence-electron chi connectivity index (χ3n) is 4.21. The van der Waals surface area contributed by atoms with Gasteiger partial charge in [-0.3, -0.25) is 0 Å². The Bertz CT molecular complexity index is 287. The molecule has 1 heterocycles. The summed E-state index contributed by atoms with van der Waals surface area (Å²) in [6.45, 7) is 10.3. The second-order valence-electron chi connectivity index (χ2n) is 6.01. The highest BCUT2D eigenvalue weighted by atomic mass is 15.3. The Balaban J connectivity index is 1.57. The zero-order valence-electron chi connectivity index (χ0n) is 12.3. The van der Waals surface area contributed by atoms with Crippen molar-refractivity contribution >= 4 is 0 Å². The zero-order chi connectivity index (χ0) is 13.5. The molecule has 0 aromatic carbocycles. The maximum Gasteiger partial charge on any atom is 0.0965 e. The molecule has 1 atom stereocenters. The van der Waals surface area contributed by atoms with Crippen LogP contribution < -0.4 is 5.32 Å². The minimum Gasteiger partial charge on any atom is -0.302 e. The Morgan fingerprint density at radius 3 is 2.47 bits per heavy atom. The molecule has 0 spiro atoms.